The Labute approximate surface area is 139 Å². The SMILES string of the molecule is CCN(C(=O)C(C)C)c1c(N)n(Cc2ccccc2)c(=O)[nH]c1=O. The second kappa shape index (κ2) is 7.16. The Kier molecular flexibility index (Phi) is 5.23. The topological polar surface area (TPSA) is 101 Å². The van der Waals surface area contributed by atoms with Gasteiger partial charge in [-0.3, -0.25) is 19.1 Å². The van der Waals surface area contributed by atoms with Crippen LogP contribution in [0.3, 0.4) is 0 Å². The van der Waals surface area contributed by atoms with E-state index in [-0.39, 0.29) is 36.4 Å². The van der Waals surface area contributed by atoms with Crippen molar-refractivity contribution in [3.63, 3.8) is 0 Å². The maximum absolute atomic E-state index is 12.4. The Hall–Kier alpha value is -2.83. The van der Waals surface area contributed by atoms with Gasteiger partial charge in [0.2, 0.25) is 5.91 Å². The highest BCUT2D eigenvalue weighted by Crippen LogP contribution is 2.19. The standard InChI is InChI=1S/C17H22N4O3/c1-4-20(16(23)11(2)3)13-14(18)21(17(24)19-15(13)22)10-12-8-6-5-7-9-12/h5-9,11H,4,10,18H2,1-3H3,(H,19,22,24). The average molecular weight is 330 g/mol. The number of carbonyl (C=O) groups excluding carboxylic acids is 1. The van der Waals surface area contributed by atoms with E-state index in [0.29, 0.717) is 0 Å². The molecule has 24 heavy (non-hydrogen) atoms. The maximum atomic E-state index is 12.4. The molecule has 0 bridgehead atoms. The molecule has 0 aliphatic heterocycles. The molecule has 0 unspecified atom stereocenters. The van der Waals surface area contributed by atoms with Gasteiger partial charge in [0.1, 0.15) is 5.82 Å². The molecule has 2 aromatic rings. The highest BCUT2D eigenvalue weighted by atomic mass is 16.2. The first kappa shape index (κ1) is 17.5. The lowest BCUT2D eigenvalue weighted by atomic mass is 10.1. The van der Waals surface area contributed by atoms with Gasteiger partial charge in [0.15, 0.2) is 5.69 Å². The molecule has 1 heterocycles. The van der Waals surface area contributed by atoms with Crippen LogP contribution in [0.4, 0.5) is 11.5 Å². The van der Waals surface area contributed by atoms with Crippen molar-refractivity contribution in [1.29, 1.82) is 0 Å². The zero-order valence-electron chi connectivity index (χ0n) is 14.1. The van der Waals surface area contributed by atoms with Gasteiger partial charge in [0, 0.05) is 12.5 Å². The van der Waals surface area contributed by atoms with Crippen LogP contribution in [0.2, 0.25) is 0 Å². The van der Waals surface area contributed by atoms with E-state index in [2.05, 4.69) is 4.98 Å². The van der Waals surface area contributed by atoms with Gasteiger partial charge in [-0.25, -0.2) is 4.79 Å². The molecule has 0 aliphatic carbocycles. The predicted octanol–water partition coefficient (Wildman–Crippen LogP) is 1.18. The molecule has 0 saturated carbocycles. The molecule has 1 aromatic carbocycles. The minimum atomic E-state index is -0.655. The molecular formula is C17H22N4O3. The Morgan fingerprint density at radius 1 is 1.25 bits per heavy atom. The van der Waals surface area contributed by atoms with Crippen LogP contribution in [0.15, 0.2) is 39.9 Å². The summed E-state index contributed by atoms with van der Waals surface area (Å²) >= 11 is 0. The summed E-state index contributed by atoms with van der Waals surface area (Å²) in [6.07, 6.45) is 0. The number of anilines is 2. The number of benzene rings is 1. The number of hydrogen-bond acceptors (Lipinski definition) is 4. The van der Waals surface area contributed by atoms with Crippen LogP contribution in [0.1, 0.15) is 26.3 Å². The van der Waals surface area contributed by atoms with Crippen LogP contribution < -0.4 is 21.9 Å². The number of hydrogen-bond donors (Lipinski definition) is 2. The molecule has 0 radical (unpaired) electrons. The van der Waals surface area contributed by atoms with Gasteiger partial charge >= 0.3 is 5.69 Å². The van der Waals surface area contributed by atoms with E-state index in [4.69, 9.17) is 5.73 Å². The number of H-pyrrole nitrogens is 1. The fourth-order valence-electron chi connectivity index (χ4n) is 2.50. The third kappa shape index (κ3) is 3.40. The van der Waals surface area contributed by atoms with Crippen LogP contribution in [0.25, 0.3) is 0 Å². The van der Waals surface area contributed by atoms with Crippen LogP contribution in [-0.2, 0) is 11.3 Å². The van der Waals surface area contributed by atoms with Crippen molar-refractivity contribution >= 4 is 17.4 Å². The van der Waals surface area contributed by atoms with Gasteiger partial charge in [0.25, 0.3) is 5.56 Å². The maximum Gasteiger partial charge on any atom is 0.330 e. The lowest BCUT2D eigenvalue weighted by molar-refractivity contribution is -0.121. The average Bonchev–Trinajstić information content (AvgIpc) is 2.55. The highest BCUT2D eigenvalue weighted by molar-refractivity contribution is 5.96. The van der Waals surface area contributed by atoms with Gasteiger partial charge in [-0.1, -0.05) is 44.2 Å². The number of aromatic nitrogens is 2. The van der Waals surface area contributed by atoms with E-state index in [1.54, 1.807) is 20.8 Å². The van der Waals surface area contributed by atoms with Crippen molar-refractivity contribution < 1.29 is 4.79 Å². The second-order valence-electron chi connectivity index (χ2n) is 5.80. The first-order chi connectivity index (χ1) is 11.4. The summed E-state index contributed by atoms with van der Waals surface area (Å²) in [5, 5.41) is 0. The Bertz CT molecular complexity index is 837. The third-order valence-corrected chi connectivity index (χ3v) is 3.74. The number of amides is 1. The summed E-state index contributed by atoms with van der Waals surface area (Å²) in [6.45, 7) is 5.74. The summed E-state index contributed by atoms with van der Waals surface area (Å²) in [6, 6.07) is 9.28. The van der Waals surface area contributed by atoms with Crippen molar-refractivity contribution in [3.8, 4) is 0 Å². The molecular weight excluding hydrogens is 308 g/mol. The minimum Gasteiger partial charge on any atom is -0.383 e. The molecule has 128 valence electrons. The van der Waals surface area contributed by atoms with Crippen LogP contribution in [0, 0.1) is 5.92 Å². The molecule has 0 atom stereocenters. The molecule has 7 nitrogen and oxygen atoms in total. The number of nitrogens with one attached hydrogen (secondary N) is 1. The zero-order valence-corrected chi connectivity index (χ0v) is 14.1. The van der Waals surface area contributed by atoms with E-state index in [0.717, 1.165) is 5.56 Å². The van der Waals surface area contributed by atoms with Crippen molar-refractivity contribution in [2.75, 3.05) is 17.2 Å². The molecule has 1 amide bonds. The van der Waals surface area contributed by atoms with Gasteiger partial charge in [0.05, 0.1) is 6.54 Å². The molecule has 3 N–H and O–H groups in total. The van der Waals surface area contributed by atoms with Gasteiger partial charge < -0.3 is 10.6 Å². The quantitative estimate of drug-likeness (QED) is 0.859. The molecule has 1 aromatic heterocycles. The van der Waals surface area contributed by atoms with Gasteiger partial charge in [-0.05, 0) is 12.5 Å². The summed E-state index contributed by atoms with van der Waals surface area (Å²) in [5.41, 5.74) is 5.73. The normalized spacial score (nSPS) is 10.8. The number of nitrogens with zero attached hydrogens (tertiary/aromatic N) is 2. The van der Waals surface area contributed by atoms with Crippen molar-refractivity contribution in [3.05, 3.63) is 56.7 Å². The Morgan fingerprint density at radius 3 is 2.42 bits per heavy atom. The van der Waals surface area contributed by atoms with Gasteiger partial charge in [-0.2, -0.15) is 0 Å². The van der Waals surface area contributed by atoms with Crippen molar-refractivity contribution in [2.24, 2.45) is 5.92 Å². The summed E-state index contributed by atoms with van der Waals surface area (Å²) in [5.74, 6) is -0.527. The number of nitrogen functional groups attached to an aromatic ring is 1. The first-order valence-electron chi connectivity index (χ1n) is 7.84. The second-order valence-corrected chi connectivity index (χ2v) is 5.80. The first-order valence-corrected chi connectivity index (χ1v) is 7.84. The molecule has 2 rings (SSSR count). The molecule has 0 saturated heterocycles. The third-order valence-electron chi connectivity index (χ3n) is 3.74. The Balaban J connectivity index is 2.58. The van der Waals surface area contributed by atoms with E-state index < -0.39 is 11.2 Å². The summed E-state index contributed by atoms with van der Waals surface area (Å²) < 4.78 is 1.27. The molecule has 0 aliphatic rings. The molecule has 0 spiro atoms. The smallest absolute Gasteiger partial charge is 0.330 e. The largest absolute Gasteiger partial charge is 0.383 e. The summed E-state index contributed by atoms with van der Waals surface area (Å²) in [4.78, 5) is 40.3. The molecule has 7 heteroatoms. The van der Waals surface area contributed by atoms with Crippen LogP contribution in [-0.4, -0.2) is 22.0 Å². The number of rotatable bonds is 5. The summed E-state index contributed by atoms with van der Waals surface area (Å²) in [7, 11) is 0. The highest BCUT2D eigenvalue weighted by Gasteiger charge is 2.24. The van der Waals surface area contributed by atoms with E-state index >= 15 is 0 Å². The lowest BCUT2D eigenvalue weighted by Crippen LogP contribution is -2.42. The number of nitrogens with two attached hydrogens (primary N) is 1. The monoisotopic (exact) mass is 330 g/mol. The lowest BCUT2D eigenvalue weighted by Gasteiger charge is -2.24. The fourth-order valence-corrected chi connectivity index (χ4v) is 2.50. The van der Waals surface area contributed by atoms with Crippen LogP contribution in [0.5, 0.6) is 0 Å². The zero-order chi connectivity index (χ0) is 17.9. The fraction of sp³-hybridized carbons (Fsp3) is 0.353. The van der Waals surface area contributed by atoms with Crippen molar-refractivity contribution in [2.45, 2.75) is 27.3 Å². The van der Waals surface area contributed by atoms with Crippen molar-refractivity contribution in [1.82, 2.24) is 9.55 Å². The minimum absolute atomic E-state index is 0.0107. The number of aromatic amines is 1. The Morgan fingerprint density at radius 2 is 1.88 bits per heavy atom. The number of carbonyl (C=O) groups is 1. The van der Waals surface area contributed by atoms with E-state index in [9.17, 15) is 14.4 Å². The predicted molar refractivity (Wildman–Crippen MR) is 94.1 cm³/mol. The van der Waals surface area contributed by atoms with Crippen LogP contribution >= 0.6 is 0 Å². The van der Waals surface area contributed by atoms with Gasteiger partial charge in [-0.15, -0.1) is 0 Å². The molecule has 0 fully saturated rings. The van der Waals surface area contributed by atoms with E-state index in [1.165, 1.54) is 9.47 Å². The van der Waals surface area contributed by atoms with E-state index in [1.807, 2.05) is 30.3 Å².